The predicted octanol–water partition coefficient (Wildman–Crippen LogP) is 1.08. The number of benzene rings is 2. The Labute approximate surface area is 211 Å². The molecular weight excluding hydrogens is 464 g/mol. The van der Waals surface area contributed by atoms with E-state index in [1.165, 1.54) is 6.07 Å². The summed E-state index contributed by atoms with van der Waals surface area (Å²) < 4.78 is 5.66. The summed E-state index contributed by atoms with van der Waals surface area (Å²) in [6, 6.07) is 6.57. The predicted molar refractivity (Wildman–Crippen MR) is 138 cm³/mol. The van der Waals surface area contributed by atoms with Crippen LogP contribution in [0.1, 0.15) is 50.8 Å². The van der Waals surface area contributed by atoms with Gasteiger partial charge in [-0.15, -0.1) is 0 Å². The van der Waals surface area contributed by atoms with Gasteiger partial charge < -0.3 is 41.3 Å². The van der Waals surface area contributed by atoms with E-state index in [0.717, 1.165) is 6.42 Å². The second kappa shape index (κ2) is 13.9. The van der Waals surface area contributed by atoms with Gasteiger partial charge >= 0.3 is 0 Å². The Morgan fingerprint density at radius 2 is 1.28 bits per heavy atom. The summed E-state index contributed by atoms with van der Waals surface area (Å²) in [5.41, 5.74) is 2.21. The number of aromatic hydroxyl groups is 1. The van der Waals surface area contributed by atoms with Crippen LogP contribution in [0.3, 0.4) is 0 Å². The minimum atomic E-state index is -0.428. The van der Waals surface area contributed by atoms with Gasteiger partial charge in [-0.3, -0.25) is 9.59 Å². The average molecular weight is 501 g/mol. The largest absolute Gasteiger partial charge is 0.507 e. The van der Waals surface area contributed by atoms with Crippen LogP contribution in [0.25, 0.3) is 0 Å². The van der Waals surface area contributed by atoms with E-state index in [1.54, 1.807) is 18.2 Å². The van der Waals surface area contributed by atoms with Gasteiger partial charge in [-0.1, -0.05) is 13.0 Å². The summed E-state index contributed by atoms with van der Waals surface area (Å²) in [6.45, 7) is 5.67. The monoisotopic (exact) mass is 500 g/mol. The summed E-state index contributed by atoms with van der Waals surface area (Å²) in [6.07, 6.45) is 0.816. The molecule has 0 spiro atoms. The molecular formula is C26H36N4O6. The smallest absolute Gasteiger partial charge is 0.200 e. The fourth-order valence-corrected chi connectivity index (χ4v) is 4.17. The van der Waals surface area contributed by atoms with Gasteiger partial charge in [-0.25, -0.2) is 0 Å². The molecule has 3 rings (SSSR count). The number of fused-ring (bicyclic) bond motifs is 2. The number of phenolic OH excluding ortho intramolecular Hbond substituents is 1. The average Bonchev–Trinajstić information content (AvgIpc) is 2.88. The quantitative estimate of drug-likeness (QED) is 0.142. The van der Waals surface area contributed by atoms with E-state index >= 15 is 0 Å². The molecule has 0 saturated carbocycles. The molecule has 0 radical (unpaired) electrons. The number of nitrogens with one attached hydrogen (secondary N) is 4. The van der Waals surface area contributed by atoms with Crippen molar-refractivity contribution in [2.24, 2.45) is 0 Å². The van der Waals surface area contributed by atoms with E-state index in [0.29, 0.717) is 62.8 Å². The van der Waals surface area contributed by atoms with Crippen molar-refractivity contribution in [3.05, 3.63) is 52.1 Å². The lowest BCUT2D eigenvalue weighted by Crippen LogP contribution is -2.29. The van der Waals surface area contributed by atoms with Crippen molar-refractivity contribution >= 4 is 22.9 Å². The topological polar surface area (TPSA) is 152 Å². The first-order valence-electron chi connectivity index (χ1n) is 12.3. The Balaban J connectivity index is 2.00. The Bertz CT molecular complexity index is 1060. The van der Waals surface area contributed by atoms with Crippen molar-refractivity contribution in [1.29, 1.82) is 0 Å². The number of aliphatic hydroxyl groups is 2. The summed E-state index contributed by atoms with van der Waals surface area (Å²) in [7, 11) is 0. The van der Waals surface area contributed by atoms with Crippen molar-refractivity contribution in [2.75, 3.05) is 69.7 Å². The van der Waals surface area contributed by atoms with Gasteiger partial charge in [0.15, 0.2) is 11.6 Å². The SMILES string of the molecule is CCCOCc1ccc(O)c2c1C(=O)c1c(NCCNCCO)ccc(NCCNCCO)c1C2=O. The molecule has 2 aromatic rings. The lowest BCUT2D eigenvalue weighted by Gasteiger charge is -2.26. The van der Waals surface area contributed by atoms with E-state index in [1.807, 2.05) is 6.92 Å². The van der Waals surface area contributed by atoms with E-state index in [4.69, 9.17) is 14.9 Å². The molecule has 36 heavy (non-hydrogen) atoms. The molecule has 10 heteroatoms. The first-order valence-corrected chi connectivity index (χ1v) is 12.3. The molecule has 0 amide bonds. The highest BCUT2D eigenvalue weighted by Crippen LogP contribution is 2.40. The van der Waals surface area contributed by atoms with Crippen LogP contribution in [-0.4, -0.2) is 86.0 Å². The zero-order chi connectivity index (χ0) is 25.9. The van der Waals surface area contributed by atoms with Crippen LogP contribution in [0.5, 0.6) is 5.75 Å². The van der Waals surface area contributed by atoms with Gasteiger partial charge in [0.25, 0.3) is 0 Å². The van der Waals surface area contributed by atoms with Crippen LogP contribution in [0.2, 0.25) is 0 Å². The van der Waals surface area contributed by atoms with Gasteiger partial charge in [0.05, 0.1) is 36.5 Å². The van der Waals surface area contributed by atoms with Gasteiger partial charge in [-0.05, 0) is 30.2 Å². The molecule has 1 aliphatic rings. The molecule has 1 aliphatic carbocycles. The summed E-state index contributed by atoms with van der Waals surface area (Å²) in [5.74, 6) is -1.02. The summed E-state index contributed by atoms with van der Waals surface area (Å²) in [4.78, 5) is 27.7. The second-order valence-corrected chi connectivity index (χ2v) is 8.42. The molecule has 0 aliphatic heterocycles. The highest BCUT2D eigenvalue weighted by molar-refractivity contribution is 6.33. The molecule has 0 unspecified atom stereocenters. The van der Waals surface area contributed by atoms with Crippen LogP contribution < -0.4 is 21.3 Å². The molecule has 7 N–H and O–H groups in total. The van der Waals surface area contributed by atoms with Crippen LogP contribution >= 0.6 is 0 Å². The fraction of sp³-hybridized carbons (Fsp3) is 0.462. The molecule has 0 heterocycles. The zero-order valence-corrected chi connectivity index (χ0v) is 20.7. The van der Waals surface area contributed by atoms with Crippen molar-refractivity contribution in [2.45, 2.75) is 20.0 Å². The molecule has 2 aromatic carbocycles. The summed E-state index contributed by atoms with van der Waals surface area (Å²) in [5, 5.41) is 41.1. The van der Waals surface area contributed by atoms with E-state index in [9.17, 15) is 14.7 Å². The minimum Gasteiger partial charge on any atom is -0.507 e. The standard InChI is InChI=1S/C26H36N4O6/c1-2-15-36-16-17-3-6-20(33)24-21(17)25(34)22-18(29-9-7-27-11-13-31)4-5-19(23(22)26(24)35)30-10-8-28-12-14-32/h3-6,27-33H,2,7-16H2,1H3. The highest BCUT2D eigenvalue weighted by Gasteiger charge is 2.37. The molecule has 10 nitrogen and oxygen atoms in total. The third-order valence-electron chi connectivity index (χ3n) is 5.80. The molecule has 0 atom stereocenters. The van der Waals surface area contributed by atoms with E-state index in [-0.39, 0.29) is 53.6 Å². The fourth-order valence-electron chi connectivity index (χ4n) is 4.17. The first kappa shape index (κ1) is 27.6. The lowest BCUT2D eigenvalue weighted by atomic mass is 9.79. The normalized spacial score (nSPS) is 12.4. The highest BCUT2D eigenvalue weighted by atomic mass is 16.5. The van der Waals surface area contributed by atoms with Gasteiger partial charge in [-0.2, -0.15) is 0 Å². The van der Waals surface area contributed by atoms with Crippen LogP contribution in [0.15, 0.2) is 24.3 Å². The van der Waals surface area contributed by atoms with Gasteiger partial charge in [0, 0.05) is 62.8 Å². The molecule has 0 aromatic heterocycles. The van der Waals surface area contributed by atoms with Gasteiger partial charge in [0.2, 0.25) is 0 Å². The molecule has 196 valence electrons. The Morgan fingerprint density at radius 1 is 0.722 bits per heavy atom. The number of ketones is 2. The number of aliphatic hydroxyl groups excluding tert-OH is 2. The second-order valence-electron chi connectivity index (χ2n) is 8.42. The van der Waals surface area contributed by atoms with Crippen molar-refractivity contribution in [3.8, 4) is 5.75 Å². The van der Waals surface area contributed by atoms with Crippen LogP contribution in [0, 0.1) is 0 Å². The Kier molecular flexibility index (Phi) is 10.6. The van der Waals surface area contributed by atoms with E-state index in [2.05, 4.69) is 21.3 Å². The lowest BCUT2D eigenvalue weighted by molar-refractivity contribution is 0.0966. The maximum atomic E-state index is 13.9. The number of anilines is 2. The van der Waals surface area contributed by atoms with Crippen molar-refractivity contribution < 1.29 is 29.6 Å². The van der Waals surface area contributed by atoms with Crippen molar-refractivity contribution in [1.82, 2.24) is 10.6 Å². The molecule has 0 fully saturated rings. The zero-order valence-electron chi connectivity index (χ0n) is 20.7. The number of phenols is 1. The first-order chi connectivity index (χ1) is 17.5. The number of hydrogen-bond donors (Lipinski definition) is 7. The van der Waals surface area contributed by atoms with E-state index < -0.39 is 5.78 Å². The maximum Gasteiger partial charge on any atom is 0.200 e. The molecule has 0 bridgehead atoms. The Morgan fingerprint density at radius 3 is 1.81 bits per heavy atom. The number of hydrogen-bond acceptors (Lipinski definition) is 10. The number of rotatable bonds is 16. The maximum absolute atomic E-state index is 13.9. The van der Waals surface area contributed by atoms with Crippen LogP contribution in [0.4, 0.5) is 11.4 Å². The summed E-state index contributed by atoms with van der Waals surface area (Å²) >= 11 is 0. The minimum absolute atomic E-state index is 0.00619. The molecule has 0 saturated heterocycles. The number of carbonyl (C=O) groups excluding carboxylic acids is 2. The van der Waals surface area contributed by atoms with Crippen LogP contribution in [-0.2, 0) is 11.3 Å². The number of ether oxygens (including phenoxy) is 1. The van der Waals surface area contributed by atoms with Crippen molar-refractivity contribution in [3.63, 3.8) is 0 Å². The Hall–Kier alpha value is -3.02. The third-order valence-corrected chi connectivity index (χ3v) is 5.80. The van der Waals surface area contributed by atoms with Gasteiger partial charge in [0.1, 0.15) is 5.75 Å². The number of carbonyl (C=O) groups is 2. The third kappa shape index (κ3) is 6.40.